The number of anilines is 1. The SMILES string of the molecule is CC(C)(C(=O)Nc1cccc(CC(=O)O)c1)c1ccc(OC(F)(F)F)cc1. The van der Waals surface area contributed by atoms with Crippen LogP contribution in [-0.4, -0.2) is 23.3 Å². The molecule has 2 rings (SSSR count). The van der Waals surface area contributed by atoms with E-state index in [1.54, 1.807) is 38.1 Å². The molecule has 0 aliphatic rings. The van der Waals surface area contributed by atoms with Crippen molar-refractivity contribution in [3.8, 4) is 5.75 Å². The maximum Gasteiger partial charge on any atom is 0.573 e. The molecule has 0 unspecified atom stereocenters. The first kappa shape index (κ1) is 20.3. The van der Waals surface area contributed by atoms with E-state index in [4.69, 9.17) is 5.11 Å². The van der Waals surface area contributed by atoms with Gasteiger partial charge in [-0.15, -0.1) is 13.2 Å². The maximum atomic E-state index is 12.6. The van der Waals surface area contributed by atoms with Gasteiger partial charge in [-0.2, -0.15) is 0 Å². The zero-order valence-corrected chi connectivity index (χ0v) is 14.6. The maximum absolute atomic E-state index is 12.6. The summed E-state index contributed by atoms with van der Waals surface area (Å²) in [4.78, 5) is 23.4. The molecule has 0 heterocycles. The molecule has 5 nitrogen and oxygen atoms in total. The lowest BCUT2D eigenvalue weighted by Gasteiger charge is -2.24. The number of halogens is 3. The summed E-state index contributed by atoms with van der Waals surface area (Å²) in [6.07, 6.45) is -4.96. The standard InChI is InChI=1S/C19H18F3NO4/c1-18(2,13-6-8-15(9-7-13)27-19(20,21)22)17(26)23-14-5-3-4-12(10-14)11-16(24)25/h3-10H,11H2,1-2H3,(H,23,26)(H,24,25). The van der Waals surface area contributed by atoms with Crippen molar-refractivity contribution in [3.63, 3.8) is 0 Å². The number of rotatable bonds is 6. The van der Waals surface area contributed by atoms with Gasteiger partial charge in [0.2, 0.25) is 5.91 Å². The molecule has 0 atom stereocenters. The van der Waals surface area contributed by atoms with Gasteiger partial charge in [-0.25, -0.2) is 0 Å². The first-order valence-electron chi connectivity index (χ1n) is 7.96. The zero-order valence-electron chi connectivity index (χ0n) is 14.6. The second kappa shape index (κ2) is 7.69. The van der Waals surface area contributed by atoms with Crippen LogP contribution in [0.4, 0.5) is 18.9 Å². The molecule has 8 heteroatoms. The van der Waals surface area contributed by atoms with Crippen LogP contribution in [-0.2, 0) is 21.4 Å². The van der Waals surface area contributed by atoms with Gasteiger partial charge in [0.1, 0.15) is 5.75 Å². The molecule has 2 aromatic carbocycles. The third-order valence-corrected chi connectivity index (χ3v) is 3.92. The predicted octanol–water partition coefficient (Wildman–Crippen LogP) is 4.13. The molecular weight excluding hydrogens is 363 g/mol. The third-order valence-electron chi connectivity index (χ3n) is 3.92. The normalized spacial score (nSPS) is 11.7. The van der Waals surface area contributed by atoms with E-state index in [9.17, 15) is 22.8 Å². The quantitative estimate of drug-likeness (QED) is 0.789. The number of alkyl halides is 3. The number of amides is 1. The van der Waals surface area contributed by atoms with E-state index in [1.807, 2.05) is 0 Å². The van der Waals surface area contributed by atoms with Crippen LogP contribution in [0.3, 0.4) is 0 Å². The predicted molar refractivity (Wildman–Crippen MR) is 92.6 cm³/mol. The number of hydrogen-bond acceptors (Lipinski definition) is 3. The Kier molecular flexibility index (Phi) is 5.78. The summed E-state index contributed by atoms with van der Waals surface area (Å²) < 4.78 is 40.5. The Bertz CT molecular complexity index is 830. The van der Waals surface area contributed by atoms with E-state index >= 15 is 0 Å². The van der Waals surface area contributed by atoms with Gasteiger partial charge in [-0.1, -0.05) is 24.3 Å². The van der Waals surface area contributed by atoms with Crippen molar-refractivity contribution in [1.82, 2.24) is 0 Å². The number of aliphatic carboxylic acids is 1. The van der Waals surface area contributed by atoms with Gasteiger partial charge >= 0.3 is 12.3 Å². The number of carbonyl (C=O) groups is 2. The number of ether oxygens (including phenoxy) is 1. The highest BCUT2D eigenvalue weighted by Gasteiger charge is 2.32. The number of carboxylic acids is 1. The number of hydrogen-bond donors (Lipinski definition) is 2. The summed E-state index contributed by atoms with van der Waals surface area (Å²) in [5, 5.41) is 11.5. The molecule has 0 aliphatic heterocycles. The van der Waals surface area contributed by atoms with Gasteiger partial charge in [0.15, 0.2) is 0 Å². The summed E-state index contributed by atoms with van der Waals surface area (Å²) in [6.45, 7) is 3.26. The molecular formula is C19H18F3NO4. The molecule has 0 saturated carbocycles. The summed E-state index contributed by atoms with van der Waals surface area (Å²) >= 11 is 0. The lowest BCUT2D eigenvalue weighted by atomic mass is 9.83. The molecule has 0 aromatic heterocycles. The molecule has 144 valence electrons. The first-order valence-corrected chi connectivity index (χ1v) is 7.96. The van der Waals surface area contributed by atoms with E-state index in [0.717, 1.165) is 12.1 Å². The first-order chi connectivity index (χ1) is 12.5. The van der Waals surface area contributed by atoms with Crippen LogP contribution in [0, 0.1) is 0 Å². The van der Waals surface area contributed by atoms with Gasteiger partial charge in [0.05, 0.1) is 11.8 Å². The average Bonchev–Trinajstić information content (AvgIpc) is 2.53. The van der Waals surface area contributed by atoms with E-state index in [-0.39, 0.29) is 18.1 Å². The average molecular weight is 381 g/mol. The molecule has 2 N–H and O–H groups in total. The van der Waals surface area contributed by atoms with Crippen LogP contribution in [0.15, 0.2) is 48.5 Å². The zero-order chi connectivity index (χ0) is 20.2. The van der Waals surface area contributed by atoms with Crippen molar-refractivity contribution in [1.29, 1.82) is 0 Å². The fraction of sp³-hybridized carbons (Fsp3) is 0.263. The minimum atomic E-state index is -4.78. The number of benzene rings is 2. The Labute approximate surface area is 153 Å². The highest BCUT2D eigenvalue weighted by atomic mass is 19.4. The second-order valence-corrected chi connectivity index (χ2v) is 6.42. The number of nitrogens with one attached hydrogen (secondary N) is 1. The monoisotopic (exact) mass is 381 g/mol. The Hall–Kier alpha value is -3.03. The van der Waals surface area contributed by atoms with Crippen molar-refractivity contribution < 1.29 is 32.6 Å². The van der Waals surface area contributed by atoms with E-state index in [0.29, 0.717) is 16.8 Å². The Morgan fingerprint density at radius 2 is 1.70 bits per heavy atom. The van der Waals surface area contributed by atoms with E-state index in [1.165, 1.54) is 12.1 Å². The van der Waals surface area contributed by atoms with Gasteiger partial charge in [-0.3, -0.25) is 9.59 Å². The van der Waals surface area contributed by atoms with Crippen LogP contribution < -0.4 is 10.1 Å². The van der Waals surface area contributed by atoms with Crippen LogP contribution in [0.2, 0.25) is 0 Å². The number of carbonyl (C=O) groups excluding carboxylic acids is 1. The van der Waals surface area contributed by atoms with Crippen molar-refractivity contribution in [3.05, 3.63) is 59.7 Å². The van der Waals surface area contributed by atoms with Crippen LogP contribution in [0.25, 0.3) is 0 Å². The topological polar surface area (TPSA) is 75.6 Å². The summed E-state index contributed by atoms with van der Waals surface area (Å²) in [5.41, 5.74) is 0.423. The minimum Gasteiger partial charge on any atom is -0.481 e. The second-order valence-electron chi connectivity index (χ2n) is 6.42. The minimum absolute atomic E-state index is 0.173. The Morgan fingerprint density at radius 3 is 2.26 bits per heavy atom. The van der Waals surface area contributed by atoms with Crippen molar-refractivity contribution >= 4 is 17.6 Å². The van der Waals surface area contributed by atoms with Crippen molar-refractivity contribution in [2.75, 3.05) is 5.32 Å². The summed E-state index contributed by atoms with van der Waals surface area (Å²) in [5.74, 6) is -1.75. The molecule has 2 aromatic rings. The lowest BCUT2D eigenvalue weighted by molar-refractivity contribution is -0.274. The Balaban J connectivity index is 2.14. The van der Waals surface area contributed by atoms with E-state index in [2.05, 4.69) is 10.1 Å². The number of carboxylic acid groups (broad SMARTS) is 1. The summed E-state index contributed by atoms with van der Waals surface area (Å²) in [7, 11) is 0. The molecule has 27 heavy (non-hydrogen) atoms. The van der Waals surface area contributed by atoms with Crippen LogP contribution in [0.5, 0.6) is 5.75 Å². The third kappa shape index (κ3) is 5.73. The highest BCUT2D eigenvalue weighted by molar-refractivity contribution is 5.98. The lowest BCUT2D eigenvalue weighted by Crippen LogP contribution is -2.34. The van der Waals surface area contributed by atoms with Crippen LogP contribution in [0.1, 0.15) is 25.0 Å². The van der Waals surface area contributed by atoms with Gasteiger partial charge < -0.3 is 15.2 Å². The largest absolute Gasteiger partial charge is 0.573 e. The fourth-order valence-corrected chi connectivity index (χ4v) is 2.43. The van der Waals surface area contributed by atoms with Gasteiger partial charge in [0, 0.05) is 5.69 Å². The molecule has 0 spiro atoms. The van der Waals surface area contributed by atoms with Crippen molar-refractivity contribution in [2.24, 2.45) is 0 Å². The smallest absolute Gasteiger partial charge is 0.481 e. The van der Waals surface area contributed by atoms with Gasteiger partial charge in [0.25, 0.3) is 0 Å². The summed E-state index contributed by atoms with van der Waals surface area (Å²) in [6, 6.07) is 11.5. The van der Waals surface area contributed by atoms with Crippen LogP contribution >= 0.6 is 0 Å². The van der Waals surface area contributed by atoms with Crippen molar-refractivity contribution in [2.45, 2.75) is 32.0 Å². The molecule has 0 radical (unpaired) electrons. The Morgan fingerprint density at radius 1 is 1.07 bits per heavy atom. The molecule has 1 amide bonds. The fourth-order valence-electron chi connectivity index (χ4n) is 2.43. The molecule has 0 bridgehead atoms. The highest BCUT2D eigenvalue weighted by Crippen LogP contribution is 2.29. The molecule has 0 saturated heterocycles. The van der Waals surface area contributed by atoms with Gasteiger partial charge in [-0.05, 0) is 49.2 Å². The molecule has 0 aliphatic carbocycles. The van der Waals surface area contributed by atoms with E-state index < -0.39 is 17.7 Å². The molecule has 0 fully saturated rings.